The molecule has 1 aliphatic heterocycles. The van der Waals surface area contributed by atoms with Gasteiger partial charge in [0, 0.05) is 32.8 Å². The third-order valence-corrected chi connectivity index (χ3v) is 3.36. The van der Waals surface area contributed by atoms with Crippen LogP contribution in [-0.4, -0.2) is 82.3 Å². The highest BCUT2D eigenvalue weighted by atomic mass is 19.3. The Kier molecular flexibility index (Phi) is 7.75. The van der Waals surface area contributed by atoms with Crippen LogP contribution in [0.1, 0.15) is 12.8 Å². The summed E-state index contributed by atoms with van der Waals surface area (Å²) in [6, 6.07) is 0. The fourth-order valence-electron chi connectivity index (χ4n) is 2.14. The summed E-state index contributed by atoms with van der Waals surface area (Å²) < 4.78 is 31.2. The third kappa shape index (κ3) is 7.77. The van der Waals surface area contributed by atoms with Gasteiger partial charge in [-0.25, -0.2) is 8.78 Å². The maximum Gasteiger partial charge on any atom is 0.283 e. The van der Waals surface area contributed by atoms with E-state index >= 15 is 0 Å². The molecule has 0 saturated carbocycles. The summed E-state index contributed by atoms with van der Waals surface area (Å²) in [5.74, 6) is -2.76. The number of piperazine rings is 1. The molecule has 1 aliphatic rings. The molecular weight excluding hydrogens is 252 g/mol. The van der Waals surface area contributed by atoms with E-state index in [1.54, 1.807) is 0 Å². The molecule has 0 spiro atoms. The molecule has 0 aromatic rings. The molecule has 1 rings (SSSR count). The molecular formula is C13H27F2N3O. The lowest BCUT2D eigenvalue weighted by atomic mass is 10.2. The van der Waals surface area contributed by atoms with E-state index in [-0.39, 0.29) is 6.54 Å². The number of halogens is 2. The van der Waals surface area contributed by atoms with Gasteiger partial charge in [0.1, 0.15) is 6.61 Å². The first-order valence-electron chi connectivity index (χ1n) is 7.04. The number of unbranched alkanes of at least 4 members (excludes halogenated alkanes) is 1. The zero-order valence-corrected chi connectivity index (χ0v) is 12.1. The van der Waals surface area contributed by atoms with Crippen LogP contribution < -0.4 is 5.32 Å². The topological polar surface area (TPSA) is 27.7 Å². The SMILES string of the molecule is CNCC(F)(F)COCCCCN1CCN(C)CC1. The summed E-state index contributed by atoms with van der Waals surface area (Å²) in [5.41, 5.74) is 0. The molecule has 0 aliphatic carbocycles. The molecule has 0 atom stereocenters. The molecule has 1 N–H and O–H groups in total. The molecule has 114 valence electrons. The van der Waals surface area contributed by atoms with Gasteiger partial charge in [0.15, 0.2) is 0 Å². The summed E-state index contributed by atoms with van der Waals surface area (Å²) in [7, 11) is 3.65. The van der Waals surface area contributed by atoms with E-state index in [9.17, 15) is 8.78 Å². The summed E-state index contributed by atoms with van der Waals surface area (Å²) in [4.78, 5) is 4.75. The van der Waals surface area contributed by atoms with E-state index in [2.05, 4.69) is 22.2 Å². The maximum atomic E-state index is 13.1. The van der Waals surface area contributed by atoms with Gasteiger partial charge in [-0.2, -0.15) is 0 Å². The first-order valence-corrected chi connectivity index (χ1v) is 7.04. The van der Waals surface area contributed by atoms with E-state index < -0.39 is 12.5 Å². The lowest BCUT2D eigenvalue weighted by Gasteiger charge is -2.32. The minimum Gasteiger partial charge on any atom is -0.375 e. The van der Waals surface area contributed by atoms with Crippen molar-refractivity contribution in [2.24, 2.45) is 0 Å². The van der Waals surface area contributed by atoms with Crippen LogP contribution >= 0.6 is 0 Å². The smallest absolute Gasteiger partial charge is 0.283 e. The molecule has 0 aromatic carbocycles. The van der Waals surface area contributed by atoms with Gasteiger partial charge in [-0.3, -0.25) is 0 Å². The van der Waals surface area contributed by atoms with E-state index in [4.69, 9.17) is 4.74 Å². The van der Waals surface area contributed by atoms with Gasteiger partial charge < -0.3 is 19.9 Å². The van der Waals surface area contributed by atoms with E-state index in [1.807, 2.05) is 0 Å². The number of ether oxygens (including phenoxy) is 1. The molecule has 1 heterocycles. The molecule has 1 fully saturated rings. The van der Waals surface area contributed by atoms with Gasteiger partial charge >= 0.3 is 0 Å². The second-order valence-electron chi connectivity index (χ2n) is 5.29. The summed E-state index contributed by atoms with van der Waals surface area (Å²) in [6.07, 6.45) is 1.86. The van der Waals surface area contributed by atoms with Gasteiger partial charge in [0.2, 0.25) is 0 Å². The standard InChI is InChI=1S/C13H27F2N3O/c1-16-11-13(14,15)12-19-10-4-3-5-18-8-6-17(2)7-9-18/h16H,3-12H2,1-2H3. The summed E-state index contributed by atoms with van der Waals surface area (Å²) in [5, 5.41) is 2.47. The molecule has 4 nitrogen and oxygen atoms in total. The van der Waals surface area contributed by atoms with Crippen molar-refractivity contribution in [1.82, 2.24) is 15.1 Å². The third-order valence-electron chi connectivity index (χ3n) is 3.36. The molecule has 0 radical (unpaired) electrons. The summed E-state index contributed by atoms with van der Waals surface area (Å²) >= 11 is 0. The van der Waals surface area contributed by atoms with Gasteiger partial charge in [-0.15, -0.1) is 0 Å². The van der Waals surface area contributed by atoms with Crippen LogP contribution in [0.15, 0.2) is 0 Å². The Morgan fingerprint density at radius 3 is 2.47 bits per heavy atom. The quantitative estimate of drug-likeness (QED) is 0.634. The molecule has 0 unspecified atom stereocenters. The predicted octanol–water partition coefficient (Wildman–Crippen LogP) is 0.885. The number of hydrogen-bond acceptors (Lipinski definition) is 4. The first kappa shape index (κ1) is 16.8. The number of likely N-dealkylation sites (N-methyl/N-ethyl adjacent to an activating group) is 1. The number of rotatable bonds is 9. The number of nitrogens with zero attached hydrogens (tertiary/aromatic N) is 2. The normalized spacial score (nSPS) is 18.9. The van der Waals surface area contributed by atoms with Crippen molar-refractivity contribution in [3.05, 3.63) is 0 Å². The largest absolute Gasteiger partial charge is 0.375 e. The Hall–Kier alpha value is -0.300. The fourth-order valence-corrected chi connectivity index (χ4v) is 2.14. The van der Waals surface area contributed by atoms with Crippen molar-refractivity contribution in [3.8, 4) is 0 Å². The minimum absolute atomic E-state index is 0.325. The molecule has 19 heavy (non-hydrogen) atoms. The van der Waals surface area contributed by atoms with Crippen molar-refractivity contribution in [2.45, 2.75) is 18.8 Å². The van der Waals surface area contributed by atoms with Gasteiger partial charge in [-0.05, 0) is 33.5 Å². The number of nitrogens with one attached hydrogen (secondary N) is 1. The minimum atomic E-state index is -2.76. The van der Waals surface area contributed by atoms with E-state index in [0.717, 1.165) is 45.6 Å². The highest BCUT2D eigenvalue weighted by Crippen LogP contribution is 2.12. The monoisotopic (exact) mass is 279 g/mol. The van der Waals surface area contributed by atoms with Crippen LogP contribution in [0.2, 0.25) is 0 Å². The van der Waals surface area contributed by atoms with Crippen LogP contribution in [0.3, 0.4) is 0 Å². The van der Waals surface area contributed by atoms with Crippen molar-refractivity contribution in [2.75, 3.05) is 66.6 Å². The average Bonchev–Trinajstić information content (AvgIpc) is 2.35. The second kappa shape index (κ2) is 8.79. The first-order chi connectivity index (χ1) is 9.03. The van der Waals surface area contributed by atoms with Crippen LogP contribution in [0, 0.1) is 0 Å². The molecule has 1 saturated heterocycles. The van der Waals surface area contributed by atoms with Crippen LogP contribution in [0.4, 0.5) is 8.78 Å². The Morgan fingerprint density at radius 1 is 1.16 bits per heavy atom. The van der Waals surface area contributed by atoms with Crippen LogP contribution in [-0.2, 0) is 4.74 Å². The van der Waals surface area contributed by atoms with Gasteiger partial charge in [0.05, 0.1) is 6.54 Å². The summed E-state index contributed by atoms with van der Waals surface area (Å²) in [6.45, 7) is 5.11. The average molecular weight is 279 g/mol. The molecule has 6 heteroatoms. The predicted molar refractivity (Wildman–Crippen MR) is 72.9 cm³/mol. The van der Waals surface area contributed by atoms with Crippen LogP contribution in [0.25, 0.3) is 0 Å². The van der Waals surface area contributed by atoms with Gasteiger partial charge in [0.25, 0.3) is 5.92 Å². The lowest BCUT2D eigenvalue weighted by molar-refractivity contribution is -0.0742. The number of alkyl halides is 2. The maximum absolute atomic E-state index is 13.1. The van der Waals surface area contributed by atoms with E-state index in [0.29, 0.717) is 6.61 Å². The number of hydrogen-bond donors (Lipinski definition) is 1. The van der Waals surface area contributed by atoms with Crippen molar-refractivity contribution in [3.63, 3.8) is 0 Å². The Bertz CT molecular complexity index is 234. The Morgan fingerprint density at radius 2 is 1.84 bits per heavy atom. The van der Waals surface area contributed by atoms with Gasteiger partial charge in [-0.1, -0.05) is 0 Å². The second-order valence-corrected chi connectivity index (χ2v) is 5.29. The Labute approximate surface area is 115 Å². The van der Waals surface area contributed by atoms with Crippen molar-refractivity contribution < 1.29 is 13.5 Å². The zero-order valence-electron chi connectivity index (χ0n) is 12.1. The molecule has 0 bridgehead atoms. The van der Waals surface area contributed by atoms with Crippen molar-refractivity contribution >= 4 is 0 Å². The Balaban J connectivity index is 1.94. The molecule has 0 amide bonds. The highest BCUT2D eigenvalue weighted by molar-refractivity contribution is 4.69. The molecule has 0 aromatic heterocycles. The van der Waals surface area contributed by atoms with Crippen LogP contribution in [0.5, 0.6) is 0 Å². The fraction of sp³-hybridized carbons (Fsp3) is 1.00. The van der Waals surface area contributed by atoms with E-state index in [1.165, 1.54) is 7.05 Å². The zero-order chi connectivity index (χ0) is 14.1. The van der Waals surface area contributed by atoms with Crippen molar-refractivity contribution in [1.29, 1.82) is 0 Å². The highest BCUT2D eigenvalue weighted by Gasteiger charge is 2.27. The lowest BCUT2D eigenvalue weighted by Crippen LogP contribution is -2.44.